The van der Waals surface area contributed by atoms with E-state index < -0.39 is 0 Å². The quantitative estimate of drug-likeness (QED) is 0.584. The fourth-order valence-corrected chi connectivity index (χ4v) is 3.75. The van der Waals surface area contributed by atoms with Gasteiger partial charge in [-0.25, -0.2) is 4.39 Å². The van der Waals surface area contributed by atoms with E-state index in [2.05, 4.69) is 28.4 Å². The smallest absolute Gasteiger partial charge is 0.178 e. The predicted octanol–water partition coefficient (Wildman–Crippen LogP) is 4.17. The second-order valence-electron chi connectivity index (χ2n) is 6.41. The zero-order valence-corrected chi connectivity index (χ0v) is 15.2. The minimum atomic E-state index is -0.181. The number of hydrogen-bond acceptors (Lipinski definition) is 2. The number of benzene rings is 1. The number of nitrogens with zero attached hydrogens (tertiary/aromatic N) is 2. The SMILES string of the molecule is CN1CCC(C)(Cn2c(=S)[nH]c3cc(I)c(F)cc32)CC1. The first-order valence-corrected chi connectivity index (χ1v) is 8.63. The summed E-state index contributed by atoms with van der Waals surface area (Å²) in [6.45, 7) is 5.38. The van der Waals surface area contributed by atoms with E-state index in [0.29, 0.717) is 8.34 Å². The number of likely N-dealkylation sites (tertiary alicyclic amines) is 1. The summed E-state index contributed by atoms with van der Waals surface area (Å²) in [7, 11) is 2.16. The van der Waals surface area contributed by atoms with Crippen LogP contribution in [0.15, 0.2) is 12.1 Å². The van der Waals surface area contributed by atoms with E-state index in [1.165, 1.54) is 0 Å². The van der Waals surface area contributed by atoms with E-state index in [4.69, 9.17) is 12.2 Å². The minimum absolute atomic E-state index is 0.181. The Morgan fingerprint density at radius 2 is 2.05 bits per heavy atom. The van der Waals surface area contributed by atoms with Gasteiger partial charge in [0.25, 0.3) is 0 Å². The summed E-state index contributed by atoms with van der Waals surface area (Å²) in [6.07, 6.45) is 2.29. The van der Waals surface area contributed by atoms with Gasteiger partial charge in [-0.15, -0.1) is 0 Å². The Bertz CT molecular complexity index is 728. The molecule has 2 heterocycles. The fraction of sp³-hybridized carbons (Fsp3) is 0.533. The standard InChI is InChI=1S/C15H19FIN3S/c1-15(3-5-19(2)6-4-15)9-20-13-7-10(16)11(17)8-12(13)18-14(20)21/h7-8H,3-6,9H2,1-2H3,(H,18,21). The van der Waals surface area contributed by atoms with Crippen LogP contribution in [0.5, 0.6) is 0 Å². The number of nitrogens with one attached hydrogen (secondary N) is 1. The van der Waals surface area contributed by atoms with Gasteiger partial charge in [-0.1, -0.05) is 6.92 Å². The Morgan fingerprint density at radius 1 is 1.38 bits per heavy atom. The van der Waals surface area contributed by atoms with Crippen LogP contribution in [-0.2, 0) is 6.54 Å². The van der Waals surface area contributed by atoms with Gasteiger partial charge in [0.1, 0.15) is 5.82 Å². The molecule has 21 heavy (non-hydrogen) atoms. The second kappa shape index (κ2) is 5.62. The number of halogens is 2. The molecule has 0 unspecified atom stereocenters. The number of aromatic nitrogens is 2. The normalized spacial score (nSPS) is 19.2. The van der Waals surface area contributed by atoms with Gasteiger partial charge in [-0.3, -0.25) is 0 Å². The summed E-state index contributed by atoms with van der Waals surface area (Å²) >= 11 is 7.46. The second-order valence-corrected chi connectivity index (χ2v) is 7.96. The Labute approximate surface area is 142 Å². The van der Waals surface area contributed by atoms with Crippen molar-refractivity contribution in [2.75, 3.05) is 20.1 Å². The highest BCUT2D eigenvalue weighted by Crippen LogP contribution is 2.33. The molecule has 1 fully saturated rings. The van der Waals surface area contributed by atoms with Crippen LogP contribution < -0.4 is 0 Å². The van der Waals surface area contributed by atoms with Crippen molar-refractivity contribution in [3.05, 3.63) is 26.3 Å². The molecule has 0 atom stereocenters. The van der Waals surface area contributed by atoms with Crippen molar-refractivity contribution in [2.24, 2.45) is 5.41 Å². The van der Waals surface area contributed by atoms with Crippen LogP contribution in [0.25, 0.3) is 11.0 Å². The summed E-state index contributed by atoms with van der Waals surface area (Å²) in [6, 6.07) is 3.43. The molecule has 1 aromatic carbocycles. The maximum atomic E-state index is 13.9. The van der Waals surface area contributed by atoms with Crippen molar-refractivity contribution >= 4 is 45.8 Å². The van der Waals surface area contributed by atoms with Crippen LogP contribution in [0.1, 0.15) is 19.8 Å². The molecule has 3 rings (SSSR count). The van der Waals surface area contributed by atoms with Gasteiger partial charge < -0.3 is 14.5 Å². The Hall–Kier alpha value is -0.470. The first-order valence-electron chi connectivity index (χ1n) is 7.14. The lowest BCUT2D eigenvalue weighted by Gasteiger charge is -2.38. The first kappa shape index (κ1) is 15.4. The molecule has 0 bridgehead atoms. The molecule has 1 N–H and O–H groups in total. The lowest BCUT2D eigenvalue weighted by atomic mass is 9.80. The summed E-state index contributed by atoms with van der Waals surface area (Å²) in [5.74, 6) is -0.181. The Balaban J connectivity index is 1.99. The molecule has 1 aliphatic rings. The van der Waals surface area contributed by atoms with Gasteiger partial charge in [0.05, 0.1) is 14.6 Å². The van der Waals surface area contributed by atoms with Crippen molar-refractivity contribution < 1.29 is 4.39 Å². The average molecular weight is 419 g/mol. The Kier molecular flexibility index (Phi) is 4.13. The molecule has 3 nitrogen and oxygen atoms in total. The third kappa shape index (κ3) is 3.03. The summed E-state index contributed by atoms with van der Waals surface area (Å²) in [5.41, 5.74) is 2.01. The maximum Gasteiger partial charge on any atom is 0.178 e. The Morgan fingerprint density at radius 3 is 2.71 bits per heavy atom. The third-order valence-electron chi connectivity index (χ3n) is 4.55. The largest absolute Gasteiger partial charge is 0.331 e. The van der Waals surface area contributed by atoms with Crippen LogP contribution in [0.4, 0.5) is 4.39 Å². The van der Waals surface area contributed by atoms with Gasteiger partial charge in [-0.05, 0) is 79.3 Å². The van der Waals surface area contributed by atoms with E-state index in [1.807, 2.05) is 28.7 Å². The highest BCUT2D eigenvalue weighted by Gasteiger charge is 2.30. The van der Waals surface area contributed by atoms with Gasteiger partial charge in [0.2, 0.25) is 0 Å². The fourth-order valence-electron chi connectivity index (χ4n) is 3.01. The van der Waals surface area contributed by atoms with Crippen LogP contribution >= 0.6 is 34.8 Å². The molecule has 114 valence electrons. The molecule has 0 aliphatic carbocycles. The van der Waals surface area contributed by atoms with Gasteiger partial charge in [0, 0.05) is 12.6 Å². The number of hydrogen-bond donors (Lipinski definition) is 1. The predicted molar refractivity (Wildman–Crippen MR) is 94.6 cm³/mol. The van der Waals surface area contributed by atoms with Gasteiger partial charge in [0.15, 0.2) is 4.77 Å². The molecule has 0 amide bonds. The number of piperidine rings is 1. The molecular formula is C15H19FIN3S. The van der Waals surface area contributed by atoms with Crippen LogP contribution in [0.2, 0.25) is 0 Å². The maximum absolute atomic E-state index is 13.9. The van der Waals surface area contributed by atoms with Crippen molar-refractivity contribution in [2.45, 2.75) is 26.3 Å². The zero-order chi connectivity index (χ0) is 15.2. The highest BCUT2D eigenvalue weighted by atomic mass is 127. The highest BCUT2D eigenvalue weighted by molar-refractivity contribution is 14.1. The van der Waals surface area contributed by atoms with E-state index in [1.54, 1.807) is 6.07 Å². The molecule has 2 aromatic rings. The first-order chi connectivity index (χ1) is 9.88. The number of rotatable bonds is 2. The topological polar surface area (TPSA) is 24.0 Å². The molecule has 0 radical (unpaired) electrons. The molecular weight excluding hydrogens is 400 g/mol. The summed E-state index contributed by atoms with van der Waals surface area (Å²) in [4.78, 5) is 5.57. The van der Waals surface area contributed by atoms with Crippen molar-refractivity contribution in [1.82, 2.24) is 14.5 Å². The van der Waals surface area contributed by atoms with Crippen molar-refractivity contribution in [1.29, 1.82) is 0 Å². The van der Waals surface area contributed by atoms with E-state index in [-0.39, 0.29) is 11.2 Å². The number of H-pyrrole nitrogens is 1. The number of aromatic amines is 1. The summed E-state index contributed by atoms with van der Waals surface area (Å²) < 4.78 is 17.3. The molecule has 6 heteroatoms. The van der Waals surface area contributed by atoms with Crippen molar-refractivity contribution in [3.8, 4) is 0 Å². The lowest BCUT2D eigenvalue weighted by molar-refractivity contribution is 0.121. The lowest BCUT2D eigenvalue weighted by Crippen LogP contribution is -2.38. The molecule has 1 aliphatic heterocycles. The third-order valence-corrected chi connectivity index (χ3v) is 5.70. The summed E-state index contributed by atoms with van der Waals surface area (Å²) in [5, 5.41) is 0. The van der Waals surface area contributed by atoms with Crippen LogP contribution in [-0.4, -0.2) is 34.6 Å². The molecule has 0 saturated carbocycles. The van der Waals surface area contributed by atoms with Crippen LogP contribution in [0, 0.1) is 19.6 Å². The molecule has 1 saturated heterocycles. The average Bonchev–Trinajstić information content (AvgIpc) is 2.71. The monoisotopic (exact) mass is 419 g/mol. The minimum Gasteiger partial charge on any atom is -0.331 e. The number of imidazole rings is 1. The van der Waals surface area contributed by atoms with E-state index >= 15 is 0 Å². The van der Waals surface area contributed by atoms with Crippen molar-refractivity contribution in [3.63, 3.8) is 0 Å². The molecule has 1 aromatic heterocycles. The van der Waals surface area contributed by atoms with E-state index in [0.717, 1.165) is 43.5 Å². The van der Waals surface area contributed by atoms with Crippen LogP contribution in [0.3, 0.4) is 0 Å². The van der Waals surface area contributed by atoms with Gasteiger partial charge in [-0.2, -0.15) is 0 Å². The van der Waals surface area contributed by atoms with E-state index in [9.17, 15) is 4.39 Å². The molecule has 0 spiro atoms. The van der Waals surface area contributed by atoms with Gasteiger partial charge >= 0.3 is 0 Å². The number of fused-ring (bicyclic) bond motifs is 1. The zero-order valence-electron chi connectivity index (χ0n) is 12.2.